The monoisotopic (exact) mass is 409 g/mol. The van der Waals surface area contributed by atoms with Gasteiger partial charge in [0.25, 0.3) is 0 Å². The van der Waals surface area contributed by atoms with E-state index in [-0.39, 0.29) is 27.1 Å². The van der Waals surface area contributed by atoms with Gasteiger partial charge in [0.15, 0.2) is 11.8 Å². The highest BCUT2D eigenvalue weighted by molar-refractivity contribution is 9.10. The SMILES string of the molecule is CCOC(=O)C1c2c(Br)ccc(O)c2C(=O)CN1C(=O)C(F)(F)F. The molecule has 0 bridgehead atoms. The third-order valence-corrected chi connectivity index (χ3v) is 4.05. The summed E-state index contributed by atoms with van der Waals surface area (Å²) in [5, 5.41) is 9.85. The predicted octanol–water partition coefficient (Wildman–Crippen LogP) is 2.35. The van der Waals surface area contributed by atoms with Crippen LogP contribution >= 0.6 is 15.9 Å². The molecule has 0 saturated carbocycles. The highest BCUT2D eigenvalue weighted by Gasteiger charge is 2.51. The average Bonchev–Trinajstić information content (AvgIpc) is 2.48. The third-order valence-electron chi connectivity index (χ3n) is 3.36. The Morgan fingerprint density at radius 2 is 2.04 bits per heavy atom. The maximum Gasteiger partial charge on any atom is 0.471 e. The number of Topliss-reactive ketones (excluding diaryl/α,β-unsaturated/α-hetero) is 1. The summed E-state index contributed by atoms with van der Waals surface area (Å²) < 4.78 is 43.3. The van der Waals surface area contributed by atoms with E-state index in [4.69, 9.17) is 4.74 Å². The highest BCUT2D eigenvalue weighted by atomic mass is 79.9. The zero-order valence-corrected chi connectivity index (χ0v) is 13.8. The first-order valence-corrected chi connectivity index (χ1v) is 7.47. The topological polar surface area (TPSA) is 83.9 Å². The summed E-state index contributed by atoms with van der Waals surface area (Å²) in [6.07, 6.45) is -5.27. The number of hydrogen-bond donors (Lipinski definition) is 1. The smallest absolute Gasteiger partial charge is 0.471 e. The Bertz CT molecular complexity index is 719. The summed E-state index contributed by atoms with van der Waals surface area (Å²) in [7, 11) is 0. The van der Waals surface area contributed by atoms with Crippen molar-refractivity contribution in [1.29, 1.82) is 0 Å². The molecular weight excluding hydrogens is 399 g/mol. The molecule has 0 fully saturated rings. The van der Waals surface area contributed by atoms with Gasteiger partial charge in [-0.3, -0.25) is 9.59 Å². The lowest BCUT2D eigenvalue weighted by Gasteiger charge is -2.35. The minimum absolute atomic E-state index is 0.0985. The van der Waals surface area contributed by atoms with Gasteiger partial charge < -0.3 is 14.7 Å². The lowest BCUT2D eigenvalue weighted by Crippen LogP contribution is -2.51. The number of nitrogens with zero attached hydrogens (tertiary/aromatic N) is 1. The first-order valence-electron chi connectivity index (χ1n) is 6.68. The van der Waals surface area contributed by atoms with Crippen molar-refractivity contribution in [2.45, 2.75) is 19.1 Å². The van der Waals surface area contributed by atoms with Crippen LogP contribution in [0, 0.1) is 0 Å². The second-order valence-electron chi connectivity index (χ2n) is 4.86. The van der Waals surface area contributed by atoms with E-state index in [9.17, 15) is 32.7 Å². The molecule has 1 amide bonds. The fourth-order valence-corrected chi connectivity index (χ4v) is 2.99. The third kappa shape index (κ3) is 3.10. The molecule has 1 atom stereocenters. The van der Waals surface area contributed by atoms with Crippen LogP contribution in [0.1, 0.15) is 28.9 Å². The van der Waals surface area contributed by atoms with Crippen molar-refractivity contribution in [2.24, 2.45) is 0 Å². The van der Waals surface area contributed by atoms with Gasteiger partial charge in [0, 0.05) is 10.0 Å². The number of alkyl halides is 3. The quantitative estimate of drug-likeness (QED) is 0.757. The van der Waals surface area contributed by atoms with Gasteiger partial charge in [0.1, 0.15) is 5.75 Å². The first-order chi connectivity index (χ1) is 11.1. The van der Waals surface area contributed by atoms with Crippen LogP contribution in [0.5, 0.6) is 5.75 Å². The van der Waals surface area contributed by atoms with Crippen LogP contribution in [0.4, 0.5) is 13.2 Å². The van der Waals surface area contributed by atoms with E-state index < -0.39 is 42.2 Å². The minimum atomic E-state index is -5.27. The molecule has 1 aromatic rings. The van der Waals surface area contributed by atoms with Gasteiger partial charge >= 0.3 is 18.1 Å². The van der Waals surface area contributed by atoms with Gasteiger partial charge in [-0.1, -0.05) is 15.9 Å². The summed E-state index contributed by atoms with van der Waals surface area (Å²) in [6, 6.07) is 0.618. The number of ether oxygens (including phenoxy) is 1. The molecule has 0 radical (unpaired) electrons. The molecule has 1 N–H and O–H groups in total. The van der Waals surface area contributed by atoms with E-state index in [2.05, 4.69) is 15.9 Å². The Kier molecular flexibility index (Phi) is 4.88. The molecule has 1 heterocycles. The summed E-state index contributed by atoms with van der Waals surface area (Å²) in [4.78, 5) is 36.1. The zero-order valence-electron chi connectivity index (χ0n) is 12.2. The maximum atomic E-state index is 12.8. The summed E-state index contributed by atoms with van der Waals surface area (Å²) in [6.45, 7) is 0.308. The number of rotatable bonds is 2. The van der Waals surface area contributed by atoms with Crippen molar-refractivity contribution in [2.75, 3.05) is 13.2 Å². The van der Waals surface area contributed by atoms with Crippen molar-refractivity contribution in [1.82, 2.24) is 4.90 Å². The average molecular weight is 410 g/mol. The van der Waals surface area contributed by atoms with E-state index in [1.807, 2.05) is 0 Å². The first kappa shape index (κ1) is 18.2. The van der Waals surface area contributed by atoms with Crippen LogP contribution in [0.25, 0.3) is 0 Å². The number of halogens is 4. The van der Waals surface area contributed by atoms with E-state index in [1.54, 1.807) is 0 Å². The number of esters is 1. The number of amides is 1. The van der Waals surface area contributed by atoms with Gasteiger partial charge in [-0.15, -0.1) is 0 Å². The molecule has 24 heavy (non-hydrogen) atoms. The molecule has 130 valence electrons. The zero-order chi connectivity index (χ0) is 18.2. The number of phenols is 1. The maximum absolute atomic E-state index is 12.8. The van der Waals surface area contributed by atoms with Crippen molar-refractivity contribution >= 4 is 33.6 Å². The number of hydrogen-bond acceptors (Lipinski definition) is 5. The van der Waals surface area contributed by atoms with E-state index in [1.165, 1.54) is 13.0 Å². The van der Waals surface area contributed by atoms with Gasteiger partial charge in [-0.2, -0.15) is 13.2 Å². The molecule has 0 aromatic heterocycles. The number of aromatic hydroxyl groups is 1. The highest BCUT2D eigenvalue weighted by Crippen LogP contribution is 2.41. The molecule has 6 nitrogen and oxygen atoms in total. The largest absolute Gasteiger partial charge is 0.507 e. The molecule has 1 aromatic carbocycles. The second kappa shape index (κ2) is 6.42. The Labute approximate surface area is 142 Å². The predicted molar refractivity (Wildman–Crippen MR) is 77.3 cm³/mol. The number of carbonyl (C=O) groups excluding carboxylic acids is 3. The normalized spacial score (nSPS) is 17.5. The molecule has 0 spiro atoms. The van der Waals surface area contributed by atoms with Crippen LogP contribution in [0.2, 0.25) is 0 Å². The Hall–Kier alpha value is -2.10. The number of carbonyl (C=O) groups is 3. The molecule has 1 aliphatic rings. The van der Waals surface area contributed by atoms with Crippen LogP contribution in [-0.4, -0.2) is 47.0 Å². The van der Waals surface area contributed by atoms with Crippen LogP contribution in [0.15, 0.2) is 16.6 Å². The summed E-state index contributed by atoms with van der Waals surface area (Å²) in [5.41, 5.74) is -0.545. The van der Waals surface area contributed by atoms with Gasteiger partial charge in [0.2, 0.25) is 0 Å². The van der Waals surface area contributed by atoms with Gasteiger partial charge in [-0.05, 0) is 19.1 Å². The van der Waals surface area contributed by atoms with Crippen molar-refractivity contribution < 1.29 is 37.4 Å². The lowest BCUT2D eigenvalue weighted by molar-refractivity contribution is -0.190. The van der Waals surface area contributed by atoms with Crippen molar-refractivity contribution in [3.05, 3.63) is 27.7 Å². The number of ketones is 1. The van der Waals surface area contributed by atoms with Crippen LogP contribution < -0.4 is 0 Å². The summed E-state index contributed by atoms with van der Waals surface area (Å²) >= 11 is 3.04. The lowest BCUT2D eigenvalue weighted by atomic mass is 9.90. The van der Waals surface area contributed by atoms with Crippen molar-refractivity contribution in [3.63, 3.8) is 0 Å². The van der Waals surface area contributed by atoms with Gasteiger partial charge in [0.05, 0.1) is 18.7 Å². The van der Waals surface area contributed by atoms with E-state index >= 15 is 0 Å². The van der Waals surface area contributed by atoms with E-state index in [0.29, 0.717) is 0 Å². The molecule has 10 heteroatoms. The standard InChI is InChI=1S/C14H11BrF3NO5/c1-2-24-12(22)11-9-6(15)3-4-7(20)10(9)8(21)5-19(11)13(23)14(16,17)18/h3-4,11,20H,2,5H2,1H3. The Morgan fingerprint density at radius 3 is 2.58 bits per heavy atom. The summed E-state index contributed by atoms with van der Waals surface area (Å²) in [5.74, 6) is -4.88. The Balaban J connectivity index is 2.67. The number of fused-ring (bicyclic) bond motifs is 1. The number of phenolic OH excluding ortho intramolecular Hbond substituents is 1. The van der Waals surface area contributed by atoms with Crippen LogP contribution in [-0.2, 0) is 14.3 Å². The van der Waals surface area contributed by atoms with Crippen molar-refractivity contribution in [3.8, 4) is 5.75 Å². The Morgan fingerprint density at radius 1 is 1.42 bits per heavy atom. The number of benzene rings is 1. The van der Waals surface area contributed by atoms with Gasteiger partial charge in [-0.25, -0.2) is 4.79 Å². The molecule has 2 rings (SSSR count). The second-order valence-corrected chi connectivity index (χ2v) is 5.72. The fourth-order valence-electron chi connectivity index (χ4n) is 2.44. The van der Waals surface area contributed by atoms with Crippen LogP contribution in [0.3, 0.4) is 0 Å². The minimum Gasteiger partial charge on any atom is -0.507 e. The molecule has 1 unspecified atom stereocenters. The molecule has 1 aliphatic heterocycles. The fraction of sp³-hybridized carbons (Fsp3) is 0.357. The molecule has 0 aliphatic carbocycles. The molecule has 0 saturated heterocycles. The van der Waals surface area contributed by atoms with E-state index in [0.717, 1.165) is 6.07 Å². The molecular formula is C14H11BrF3NO5.